The fourth-order valence-corrected chi connectivity index (χ4v) is 0.978. The lowest BCUT2D eigenvalue weighted by Gasteiger charge is -1.91. The van der Waals surface area contributed by atoms with Crippen molar-refractivity contribution in [3.8, 4) is 0 Å². The lowest BCUT2D eigenvalue weighted by molar-refractivity contribution is -0.111. The van der Waals surface area contributed by atoms with E-state index in [1.807, 2.05) is 0 Å². The Morgan fingerprint density at radius 1 is 1.36 bits per heavy atom. The fraction of sp³-hybridized carbons (Fsp3) is 0. The van der Waals surface area contributed by atoms with E-state index in [1.54, 1.807) is 30.3 Å². The molecule has 3 nitrogen and oxygen atoms in total. The van der Waals surface area contributed by atoms with Gasteiger partial charge in [-0.1, -0.05) is 29.8 Å². The van der Waals surface area contributed by atoms with Gasteiger partial charge < -0.3 is 5.53 Å². The predicted molar refractivity (Wildman–Crippen MR) is 55.2 cm³/mol. The Morgan fingerprint density at radius 3 is 2.57 bits per heavy atom. The first-order valence-corrected chi connectivity index (χ1v) is 4.25. The lowest BCUT2D eigenvalue weighted by Crippen LogP contribution is -1.92. The number of carbonyl (C=O) groups excluding carboxylic acids is 1. The van der Waals surface area contributed by atoms with E-state index < -0.39 is 0 Å². The zero-order valence-electron chi connectivity index (χ0n) is 7.22. The molecule has 0 radical (unpaired) electrons. The van der Waals surface area contributed by atoms with Crippen LogP contribution in [0, 0.1) is 0 Å². The van der Waals surface area contributed by atoms with Crippen molar-refractivity contribution in [1.82, 2.24) is 0 Å². The van der Waals surface area contributed by atoms with E-state index in [-0.39, 0.29) is 5.78 Å². The van der Waals surface area contributed by atoms with E-state index in [0.717, 1.165) is 11.8 Å². The molecule has 0 atom stereocenters. The van der Waals surface area contributed by atoms with E-state index >= 15 is 0 Å². The first-order chi connectivity index (χ1) is 6.72. The van der Waals surface area contributed by atoms with Crippen LogP contribution in [-0.2, 0) is 4.79 Å². The Hall–Kier alpha value is -1.70. The number of hydrogen-bond acceptors (Lipinski definition) is 1. The second-order valence-electron chi connectivity index (χ2n) is 2.53. The molecule has 0 spiro atoms. The van der Waals surface area contributed by atoms with Gasteiger partial charge in [0.05, 0.1) is 0 Å². The molecule has 0 aliphatic carbocycles. The quantitative estimate of drug-likeness (QED) is 0.324. The Labute approximate surface area is 86.2 Å². The molecule has 1 rings (SSSR count). The van der Waals surface area contributed by atoms with Gasteiger partial charge in [0.2, 0.25) is 0 Å². The van der Waals surface area contributed by atoms with Crippen molar-refractivity contribution in [2.75, 3.05) is 0 Å². The van der Waals surface area contributed by atoms with E-state index in [4.69, 9.17) is 17.1 Å². The lowest BCUT2D eigenvalue weighted by atomic mass is 10.2. The number of benzene rings is 1. The maximum atomic E-state index is 10.9. The standard InChI is InChI=1S/C10H7ClN2O/c11-9-4-1-8(2-5-9)3-6-10(14)7-13-12/h1-7H/b6-3+. The zero-order chi connectivity index (χ0) is 10.4. The van der Waals surface area contributed by atoms with E-state index in [0.29, 0.717) is 5.02 Å². The van der Waals surface area contributed by atoms with Crippen LogP contribution in [0.3, 0.4) is 0 Å². The predicted octanol–water partition coefficient (Wildman–Crippen LogP) is 2.22. The highest BCUT2D eigenvalue weighted by Gasteiger charge is 1.94. The fourth-order valence-electron chi connectivity index (χ4n) is 0.852. The summed E-state index contributed by atoms with van der Waals surface area (Å²) in [6.07, 6.45) is 3.75. The van der Waals surface area contributed by atoms with Crippen molar-refractivity contribution in [1.29, 1.82) is 0 Å². The van der Waals surface area contributed by atoms with Gasteiger partial charge in [0.15, 0.2) is 0 Å². The van der Waals surface area contributed by atoms with Crippen LogP contribution in [0.15, 0.2) is 30.3 Å². The molecule has 0 fully saturated rings. The number of nitrogens with zero attached hydrogens (tertiary/aromatic N) is 2. The summed E-state index contributed by atoms with van der Waals surface area (Å²) in [5, 5.41) is 0.644. The van der Waals surface area contributed by atoms with Gasteiger partial charge in [-0.05, 0) is 23.8 Å². The molecule has 0 aromatic heterocycles. The van der Waals surface area contributed by atoms with Crippen molar-refractivity contribution < 1.29 is 9.58 Å². The van der Waals surface area contributed by atoms with Gasteiger partial charge >= 0.3 is 6.21 Å². The third-order valence-corrected chi connectivity index (χ3v) is 1.75. The minimum absolute atomic E-state index is 0.373. The summed E-state index contributed by atoms with van der Waals surface area (Å²) in [7, 11) is 0. The van der Waals surface area contributed by atoms with Crippen molar-refractivity contribution >= 4 is 29.7 Å². The monoisotopic (exact) mass is 206 g/mol. The normalized spacial score (nSPS) is 9.79. The third kappa shape index (κ3) is 3.35. The van der Waals surface area contributed by atoms with Crippen LogP contribution in [0.1, 0.15) is 5.56 Å². The first-order valence-electron chi connectivity index (χ1n) is 3.87. The minimum atomic E-state index is -0.373. The zero-order valence-corrected chi connectivity index (χ0v) is 7.98. The van der Waals surface area contributed by atoms with E-state index in [1.165, 1.54) is 6.08 Å². The van der Waals surface area contributed by atoms with E-state index in [9.17, 15) is 4.79 Å². The minimum Gasteiger partial charge on any atom is -0.361 e. The van der Waals surface area contributed by atoms with Gasteiger partial charge in [0, 0.05) is 5.02 Å². The first kappa shape index (κ1) is 10.4. The highest BCUT2D eigenvalue weighted by molar-refractivity contribution is 6.31. The molecule has 0 aliphatic rings. The van der Waals surface area contributed by atoms with Crippen LogP contribution in [0.5, 0.6) is 0 Å². The largest absolute Gasteiger partial charge is 0.361 e. The average Bonchev–Trinajstić information content (AvgIpc) is 2.17. The van der Waals surface area contributed by atoms with Gasteiger partial charge in [-0.3, -0.25) is 4.79 Å². The van der Waals surface area contributed by atoms with Crippen LogP contribution >= 0.6 is 11.6 Å². The molecule has 0 saturated heterocycles. The second-order valence-corrected chi connectivity index (χ2v) is 2.97. The molecular weight excluding hydrogens is 200 g/mol. The van der Waals surface area contributed by atoms with Crippen molar-refractivity contribution in [2.24, 2.45) is 0 Å². The summed E-state index contributed by atoms with van der Waals surface area (Å²) < 4.78 is 0. The Bertz CT molecular complexity index is 403. The van der Waals surface area contributed by atoms with Gasteiger partial charge in [0.1, 0.15) is 0 Å². The molecule has 0 amide bonds. The van der Waals surface area contributed by atoms with Crippen molar-refractivity contribution in [3.05, 3.63) is 46.5 Å². The molecule has 70 valence electrons. The smallest absolute Gasteiger partial charge is 0.327 e. The highest BCUT2D eigenvalue weighted by atomic mass is 35.5. The second kappa shape index (κ2) is 5.12. The van der Waals surface area contributed by atoms with Gasteiger partial charge in [0.25, 0.3) is 5.78 Å². The molecule has 1 aromatic carbocycles. The highest BCUT2D eigenvalue weighted by Crippen LogP contribution is 2.10. The molecule has 0 bridgehead atoms. The number of ketones is 1. The SMILES string of the molecule is [N-]=[N+]=CC(=O)/C=C/c1ccc(Cl)cc1. The van der Waals surface area contributed by atoms with Crippen LogP contribution in [-0.4, -0.2) is 16.8 Å². The number of rotatable bonds is 3. The average molecular weight is 207 g/mol. The molecule has 1 aromatic rings. The number of halogens is 1. The van der Waals surface area contributed by atoms with Gasteiger partial charge in [-0.2, -0.15) is 4.79 Å². The summed E-state index contributed by atoms with van der Waals surface area (Å²) in [4.78, 5) is 13.5. The maximum Gasteiger partial charge on any atom is 0.327 e. The summed E-state index contributed by atoms with van der Waals surface area (Å²) in [5.41, 5.74) is 8.92. The summed E-state index contributed by atoms with van der Waals surface area (Å²) in [5.74, 6) is -0.373. The summed E-state index contributed by atoms with van der Waals surface area (Å²) >= 11 is 5.68. The Kier molecular flexibility index (Phi) is 3.80. The van der Waals surface area contributed by atoms with Gasteiger partial charge in [-0.15, -0.1) is 0 Å². The molecule has 0 unspecified atom stereocenters. The van der Waals surface area contributed by atoms with Crippen LogP contribution in [0.2, 0.25) is 5.02 Å². The molecule has 0 aliphatic heterocycles. The summed E-state index contributed by atoms with van der Waals surface area (Å²) in [6.45, 7) is 0. The third-order valence-electron chi connectivity index (χ3n) is 1.50. The molecule has 0 saturated carbocycles. The maximum absolute atomic E-state index is 10.9. The van der Waals surface area contributed by atoms with Gasteiger partial charge in [-0.25, -0.2) is 0 Å². The molecule has 14 heavy (non-hydrogen) atoms. The Balaban J connectivity index is 2.73. The van der Waals surface area contributed by atoms with Crippen molar-refractivity contribution in [3.63, 3.8) is 0 Å². The topological polar surface area (TPSA) is 53.5 Å². The molecular formula is C10H7ClN2O. The number of allylic oxidation sites excluding steroid dienone is 1. The Morgan fingerprint density at radius 2 is 2.00 bits per heavy atom. The molecule has 4 heteroatoms. The molecule has 0 heterocycles. The summed E-state index contributed by atoms with van der Waals surface area (Å²) in [6, 6.07) is 7.02. The van der Waals surface area contributed by atoms with Crippen LogP contribution in [0.4, 0.5) is 0 Å². The number of carbonyl (C=O) groups is 1. The number of hydrogen-bond donors (Lipinski definition) is 0. The van der Waals surface area contributed by atoms with Crippen molar-refractivity contribution in [2.45, 2.75) is 0 Å². The van der Waals surface area contributed by atoms with E-state index in [2.05, 4.69) is 4.79 Å². The van der Waals surface area contributed by atoms with Crippen LogP contribution in [0.25, 0.3) is 11.6 Å². The molecule has 0 N–H and O–H groups in total. The van der Waals surface area contributed by atoms with Crippen LogP contribution < -0.4 is 0 Å².